The SMILES string of the molecule is CC=O.CNc1nc2c(s1)CN(c1ccc(Cl)c(OC)c1)CC2. The number of carbonyl (C=O) groups is 1. The molecule has 0 radical (unpaired) electrons. The van der Waals surface area contributed by atoms with E-state index in [0.717, 1.165) is 42.4 Å². The summed E-state index contributed by atoms with van der Waals surface area (Å²) in [6.45, 7) is 3.30. The number of benzene rings is 1. The monoisotopic (exact) mass is 353 g/mol. The van der Waals surface area contributed by atoms with Gasteiger partial charge in [0.15, 0.2) is 5.13 Å². The van der Waals surface area contributed by atoms with E-state index in [0.29, 0.717) is 5.02 Å². The number of thiazole rings is 1. The van der Waals surface area contributed by atoms with Gasteiger partial charge in [0.25, 0.3) is 0 Å². The van der Waals surface area contributed by atoms with E-state index in [-0.39, 0.29) is 0 Å². The minimum atomic E-state index is 0.643. The second-order valence-corrected chi connectivity index (χ2v) is 6.36. The number of anilines is 2. The van der Waals surface area contributed by atoms with Crippen molar-refractivity contribution in [2.24, 2.45) is 0 Å². The maximum Gasteiger partial charge on any atom is 0.182 e. The van der Waals surface area contributed by atoms with E-state index in [1.807, 2.05) is 25.2 Å². The summed E-state index contributed by atoms with van der Waals surface area (Å²) in [7, 11) is 3.55. The fourth-order valence-corrected chi connectivity index (χ4v) is 3.54. The van der Waals surface area contributed by atoms with E-state index in [1.54, 1.807) is 18.4 Å². The van der Waals surface area contributed by atoms with Gasteiger partial charge in [0.2, 0.25) is 0 Å². The summed E-state index contributed by atoms with van der Waals surface area (Å²) >= 11 is 7.80. The molecule has 7 heteroatoms. The first-order valence-corrected chi connectivity index (χ1v) is 8.47. The number of carbonyl (C=O) groups excluding carboxylic acids is 1. The molecular weight excluding hydrogens is 334 g/mol. The van der Waals surface area contributed by atoms with Crippen molar-refractivity contribution in [1.82, 2.24) is 4.98 Å². The van der Waals surface area contributed by atoms with Crippen molar-refractivity contribution in [3.8, 4) is 5.75 Å². The standard InChI is InChI=1S/C14H16ClN3OS.C2H4O/c1-16-14-17-11-5-6-18(8-13(11)20-14)9-3-4-10(15)12(7-9)19-2;1-2-3/h3-4,7H,5-6,8H2,1-2H3,(H,16,17);2H,1H3. The largest absolute Gasteiger partial charge is 0.495 e. The van der Waals surface area contributed by atoms with E-state index in [1.165, 1.54) is 17.5 Å². The van der Waals surface area contributed by atoms with Gasteiger partial charge in [-0.25, -0.2) is 4.98 Å². The lowest BCUT2D eigenvalue weighted by Crippen LogP contribution is -2.29. The molecule has 0 saturated heterocycles. The predicted octanol–water partition coefficient (Wildman–Crippen LogP) is 3.61. The molecule has 1 N–H and O–H groups in total. The summed E-state index contributed by atoms with van der Waals surface area (Å²) in [4.78, 5) is 17.0. The highest BCUT2D eigenvalue weighted by molar-refractivity contribution is 7.15. The summed E-state index contributed by atoms with van der Waals surface area (Å²) in [5.74, 6) is 0.718. The summed E-state index contributed by atoms with van der Waals surface area (Å²) < 4.78 is 5.29. The summed E-state index contributed by atoms with van der Waals surface area (Å²) in [5, 5.41) is 4.75. The topological polar surface area (TPSA) is 54.5 Å². The maximum absolute atomic E-state index is 8.81. The van der Waals surface area contributed by atoms with Crippen LogP contribution in [0.15, 0.2) is 18.2 Å². The zero-order valence-electron chi connectivity index (χ0n) is 13.4. The lowest BCUT2D eigenvalue weighted by molar-refractivity contribution is -0.106. The Morgan fingerprint density at radius 3 is 2.87 bits per heavy atom. The summed E-state index contributed by atoms with van der Waals surface area (Å²) in [5.41, 5.74) is 2.35. The lowest BCUT2D eigenvalue weighted by Gasteiger charge is -2.28. The Labute approximate surface area is 145 Å². The molecular formula is C16H20ClN3O2S. The fourth-order valence-electron chi connectivity index (χ4n) is 2.37. The first kappa shape index (κ1) is 17.6. The van der Waals surface area contributed by atoms with Gasteiger partial charge in [-0.2, -0.15) is 0 Å². The van der Waals surface area contributed by atoms with Crippen LogP contribution in [0.25, 0.3) is 0 Å². The van der Waals surface area contributed by atoms with Gasteiger partial charge in [-0.1, -0.05) is 22.9 Å². The fraction of sp³-hybridized carbons (Fsp3) is 0.375. The Kier molecular flexibility index (Phi) is 6.24. The van der Waals surface area contributed by atoms with Crippen LogP contribution < -0.4 is 15.0 Å². The van der Waals surface area contributed by atoms with Crippen LogP contribution in [-0.2, 0) is 17.8 Å². The minimum Gasteiger partial charge on any atom is -0.495 e. The normalized spacial score (nSPS) is 12.8. The molecule has 2 aromatic rings. The molecule has 0 bridgehead atoms. The molecule has 1 aromatic heterocycles. The van der Waals surface area contributed by atoms with Crippen LogP contribution in [0.2, 0.25) is 5.02 Å². The molecule has 0 atom stereocenters. The number of aldehydes is 1. The van der Waals surface area contributed by atoms with Crippen LogP contribution in [0, 0.1) is 0 Å². The van der Waals surface area contributed by atoms with E-state index < -0.39 is 0 Å². The number of halogens is 1. The average molecular weight is 354 g/mol. The number of nitrogens with zero attached hydrogens (tertiary/aromatic N) is 2. The molecule has 0 fully saturated rings. The van der Waals surface area contributed by atoms with Crippen LogP contribution in [0.4, 0.5) is 10.8 Å². The van der Waals surface area contributed by atoms with Gasteiger partial charge in [0.05, 0.1) is 24.4 Å². The molecule has 1 aliphatic rings. The van der Waals surface area contributed by atoms with Crippen molar-refractivity contribution in [3.63, 3.8) is 0 Å². The second-order valence-electron chi connectivity index (χ2n) is 4.86. The van der Waals surface area contributed by atoms with E-state index in [9.17, 15) is 0 Å². The lowest BCUT2D eigenvalue weighted by atomic mass is 10.1. The molecule has 0 saturated carbocycles. The predicted molar refractivity (Wildman–Crippen MR) is 96.2 cm³/mol. The number of hydrogen-bond donors (Lipinski definition) is 1. The molecule has 3 rings (SSSR count). The molecule has 0 amide bonds. The maximum atomic E-state index is 8.81. The molecule has 0 aliphatic carbocycles. The number of nitrogens with one attached hydrogen (secondary N) is 1. The first-order chi connectivity index (χ1) is 11.1. The number of fused-ring (bicyclic) bond motifs is 1. The molecule has 1 aliphatic heterocycles. The number of ether oxygens (including phenoxy) is 1. The van der Waals surface area contributed by atoms with Gasteiger partial charge in [-0.15, -0.1) is 0 Å². The zero-order valence-corrected chi connectivity index (χ0v) is 15.0. The van der Waals surface area contributed by atoms with Gasteiger partial charge in [0.1, 0.15) is 12.0 Å². The second kappa shape index (κ2) is 8.17. The number of methoxy groups -OCH3 is 1. The molecule has 23 heavy (non-hydrogen) atoms. The van der Waals surface area contributed by atoms with E-state index in [4.69, 9.17) is 21.1 Å². The van der Waals surface area contributed by atoms with Crippen LogP contribution in [0.1, 0.15) is 17.5 Å². The summed E-state index contributed by atoms with van der Waals surface area (Å²) in [6, 6.07) is 5.92. The quantitative estimate of drug-likeness (QED) is 0.854. The van der Waals surface area contributed by atoms with Crippen LogP contribution in [-0.4, -0.2) is 32.0 Å². The highest BCUT2D eigenvalue weighted by Crippen LogP contribution is 2.34. The molecule has 124 valence electrons. The Morgan fingerprint density at radius 2 is 2.22 bits per heavy atom. The highest BCUT2D eigenvalue weighted by Gasteiger charge is 2.21. The van der Waals surface area contributed by atoms with Crippen molar-refractivity contribution in [2.75, 3.05) is 30.9 Å². The van der Waals surface area contributed by atoms with Crippen molar-refractivity contribution >= 4 is 40.0 Å². The molecule has 0 unspecified atom stereocenters. The van der Waals surface area contributed by atoms with Gasteiger partial charge in [0, 0.05) is 36.6 Å². The van der Waals surface area contributed by atoms with Crippen molar-refractivity contribution < 1.29 is 9.53 Å². The Morgan fingerprint density at radius 1 is 1.48 bits per heavy atom. The van der Waals surface area contributed by atoms with E-state index in [2.05, 4.69) is 15.2 Å². The van der Waals surface area contributed by atoms with Crippen LogP contribution >= 0.6 is 22.9 Å². The minimum absolute atomic E-state index is 0.643. The van der Waals surface area contributed by atoms with Crippen molar-refractivity contribution in [3.05, 3.63) is 33.8 Å². The Bertz CT molecular complexity index is 675. The molecule has 5 nitrogen and oxygen atoms in total. The molecule has 0 spiro atoms. The van der Waals surface area contributed by atoms with Crippen molar-refractivity contribution in [2.45, 2.75) is 19.9 Å². The number of rotatable bonds is 3. The first-order valence-electron chi connectivity index (χ1n) is 7.27. The number of aromatic nitrogens is 1. The van der Waals surface area contributed by atoms with Gasteiger partial charge < -0.3 is 19.7 Å². The molecule has 1 aromatic carbocycles. The third kappa shape index (κ3) is 4.14. The van der Waals surface area contributed by atoms with Crippen LogP contribution in [0.5, 0.6) is 5.75 Å². The number of hydrogen-bond acceptors (Lipinski definition) is 6. The van der Waals surface area contributed by atoms with Gasteiger partial charge >= 0.3 is 0 Å². The smallest absolute Gasteiger partial charge is 0.182 e. The summed E-state index contributed by atoms with van der Waals surface area (Å²) in [6.07, 6.45) is 1.72. The van der Waals surface area contributed by atoms with E-state index >= 15 is 0 Å². The highest BCUT2D eigenvalue weighted by atomic mass is 35.5. The third-order valence-corrected chi connectivity index (χ3v) is 4.86. The Hall–Kier alpha value is -1.79. The van der Waals surface area contributed by atoms with Gasteiger partial charge in [-0.05, 0) is 19.1 Å². The zero-order chi connectivity index (χ0) is 16.8. The average Bonchev–Trinajstić information content (AvgIpc) is 2.98. The van der Waals surface area contributed by atoms with Crippen LogP contribution in [0.3, 0.4) is 0 Å². The Balaban J connectivity index is 0.000000595. The molecule has 2 heterocycles. The van der Waals surface area contributed by atoms with Gasteiger partial charge in [-0.3, -0.25) is 0 Å². The van der Waals surface area contributed by atoms with Crippen molar-refractivity contribution in [1.29, 1.82) is 0 Å². The third-order valence-electron chi connectivity index (χ3n) is 3.44.